The average molecular weight is 392 g/mol. The lowest BCUT2D eigenvalue weighted by Crippen LogP contribution is -2.25. The summed E-state index contributed by atoms with van der Waals surface area (Å²) in [7, 11) is 0. The molecule has 0 bridgehead atoms. The summed E-state index contributed by atoms with van der Waals surface area (Å²) < 4.78 is 18.6. The molecule has 0 aromatic heterocycles. The van der Waals surface area contributed by atoms with E-state index in [4.69, 9.17) is 4.74 Å². The van der Waals surface area contributed by atoms with Crippen molar-refractivity contribution in [1.29, 1.82) is 0 Å². The van der Waals surface area contributed by atoms with Gasteiger partial charge < -0.3 is 15.4 Å². The summed E-state index contributed by atoms with van der Waals surface area (Å²) >= 11 is 0. The molecule has 0 saturated heterocycles. The normalized spacial score (nSPS) is 10.2. The van der Waals surface area contributed by atoms with Crippen molar-refractivity contribution in [2.75, 3.05) is 11.9 Å². The Kier molecular flexibility index (Phi) is 6.95. The molecule has 0 unspecified atom stereocenters. The number of rotatable bonds is 8. The zero-order chi connectivity index (χ0) is 20.5. The molecule has 0 aliphatic rings. The Bertz CT molecular complexity index is 942. The molecule has 29 heavy (non-hydrogen) atoms. The number of carbonyl (C=O) groups is 2. The third-order valence-corrected chi connectivity index (χ3v) is 4.09. The van der Waals surface area contributed by atoms with Gasteiger partial charge in [-0.1, -0.05) is 18.2 Å². The van der Waals surface area contributed by atoms with E-state index in [0.29, 0.717) is 30.0 Å². The van der Waals surface area contributed by atoms with E-state index >= 15 is 0 Å². The van der Waals surface area contributed by atoms with Crippen LogP contribution in [0.25, 0.3) is 0 Å². The van der Waals surface area contributed by atoms with Gasteiger partial charge >= 0.3 is 0 Å². The Morgan fingerprint density at radius 1 is 0.828 bits per heavy atom. The minimum atomic E-state index is -0.391. The van der Waals surface area contributed by atoms with Crippen LogP contribution in [0.3, 0.4) is 0 Å². The molecule has 2 amide bonds. The number of benzene rings is 3. The van der Waals surface area contributed by atoms with Crippen LogP contribution >= 0.6 is 0 Å². The number of hydrogen-bond acceptors (Lipinski definition) is 3. The maximum absolute atomic E-state index is 12.9. The van der Waals surface area contributed by atoms with E-state index in [9.17, 15) is 14.0 Å². The number of nitrogens with one attached hydrogen (secondary N) is 2. The summed E-state index contributed by atoms with van der Waals surface area (Å²) in [6.45, 7) is 0.355. The van der Waals surface area contributed by atoms with Crippen LogP contribution in [-0.2, 0) is 4.79 Å². The van der Waals surface area contributed by atoms with Gasteiger partial charge in [-0.05, 0) is 67.1 Å². The Morgan fingerprint density at radius 2 is 1.48 bits per heavy atom. The maximum atomic E-state index is 12.9. The highest BCUT2D eigenvalue weighted by atomic mass is 19.1. The third-order valence-electron chi connectivity index (χ3n) is 4.09. The molecule has 5 nitrogen and oxygen atoms in total. The molecule has 0 atom stereocenters. The Hall–Kier alpha value is -3.67. The predicted molar refractivity (Wildman–Crippen MR) is 110 cm³/mol. The second kappa shape index (κ2) is 10.0. The molecule has 0 radical (unpaired) electrons. The van der Waals surface area contributed by atoms with Crippen LogP contribution in [0.1, 0.15) is 23.2 Å². The Balaban J connectivity index is 1.38. The fraction of sp³-hybridized carbons (Fsp3) is 0.130. The number of para-hydroxylation sites is 1. The molecule has 3 aromatic rings. The summed E-state index contributed by atoms with van der Waals surface area (Å²) in [6, 6.07) is 21.9. The van der Waals surface area contributed by atoms with E-state index in [-0.39, 0.29) is 18.2 Å². The highest BCUT2D eigenvalue weighted by molar-refractivity contribution is 5.94. The molecule has 3 aromatic carbocycles. The van der Waals surface area contributed by atoms with Crippen molar-refractivity contribution in [2.24, 2.45) is 0 Å². The number of amides is 2. The molecule has 6 heteroatoms. The number of carbonyl (C=O) groups excluding carboxylic acids is 2. The van der Waals surface area contributed by atoms with Crippen molar-refractivity contribution in [2.45, 2.75) is 12.8 Å². The van der Waals surface area contributed by atoms with Crippen molar-refractivity contribution in [3.63, 3.8) is 0 Å². The fourth-order valence-corrected chi connectivity index (χ4v) is 2.61. The lowest BCUT2D eigenvalue weighted by atomic mass is 10.2. The molecule has 2 N–H and O–H groups in total. The van der Waals surface area contributed by atoms with Gasteiger partial charge in [-0.15, -0.1) is 0 Å². The molecule has 0 fully saturated rings. The van der Waals surface area contributed by atoms with Crippen molar-refractivity contribution < 1.29 is 18.7 Å². The lowest BCUT2D eigenvalue weighted by molar-refractivity contribution is -0.116. The molecular formula is C23H21FN2O3. The summed E-state index contributed by atoms with van der Waals surface area (Å²) in [5, 5.41) is 5.52. The van der Waals surface area contributed by atoms with Gasteiger partial charge in [-0.25, -0.2) is 4.39 Å². The summed E-state index contributed by atoms with van der Waals surface area (Å²) in [6.07, 6.45) is 0.764. The number of anilines is 1. The van der Waals surface area contributed by atoms with Crippen LogP contribution < -0.4 is 15.4 Å². The van der Waals surface area contributed by atoms with E-state index in [1.165, 1.54) is 24.3 Å². The molecular weight excluding hydrogens is 371 g/mol. The van der Waals surface area contributed by atoms with Gasteiger partial charge in [-0.3, -0.25) is 9.59 Å². The van der Waals surface area contributed by atoms with E-state index in [1.807, 2.05) is 30.3 Å². The van der Waals surface area contributed by atoms with Gasteiger partial charge in [0.05, 0.1) is 0 Å². The smallest absolute Gasteiger partial charge is 0.251 e. The van der Waals surface area contributed by atoms with Gasteiger partial charge in [0.1, 0.15) is 17.3 Å². The van der Waals surface area contributed by atoms with Crippen LogP contribution in [0.15, 0.2) is 78.9 Å². The molecule has 0 spiro atoms. The summed E-state index contributed by atoms with van der Waals surface area (Å²) in [5.41, 5.74) is 1.06. The number of hydrogen-bond donors (Lipinski definition) is 2. The fourth-order valence-electron chi connectivity index (χ4n) is 2.61. The van der Waals surface area contributed by atoms with Gasteiger partial charge in [0.15, 0.2) is 0 Å². The highest BCUT2D eigenvalue weighted by Gasteiger charge is 2.07. The standard InChI is InChI=1S/C23H21FN2O3/c24-18-10-8-17(9-11-18)23(28)25-16-4-7-22(27)26-19-12-14-21(15-13-19)29-20-5-2-1-3-6-20/h1-3,5-6,8-15H,4,7,16H2,(H,25,28)(H,26,27). The largest absolute Gasteiger partial charge is 0.457 e. The van der Waals surface area contributed by atoms with Crippen molar-refractivity contribution in [3.05, 3.63) is 90.2 Å². The van der Waals surface area contributed by atoms with Crippen LogP contribution in [-0.4, -0.2) is 18.4 Å². The Labute approximate surface area is 168 Å². The molecule has 0 saturated carbocycles. The first-order valence-electron chi connectivity index (χ1n) is 9.27. The minimum absolute atomic E-state index is 0.141. The summed E-state index contributed by atoms with van der Waals surface area (Å²) in [5.74, 6) is 0.597. The highest BCUT2D eigenvalue weighted by Crippen LogP contribution is 2.22. The number of halogens is 1. The van der Waals surface area contributed by atoms with Crippen LogP contribution in [0.5, 0.6) is 11.5 Å². The number of ether oxygens (including phenoxy) is 1. The molecule has 0 aliphatic heterocycles. The zero-order valence-electron chi connectivity index (χ0n) is 15.7. The zero-order valence-corrected chi connectivity index (χ0v) is 15.7. The predicted octanol–water partition coefficient (Wildman–Crippen LogP) is 4.77. The quantitative estimate of drug-likeness (QED) is 0.543. The maximum Gasteiger partial charge on any atom is 0.251 e. The van der Waals surface area contributed by atoms with E-state index in [1.54, 1.807) is 24.3 Å². The van der Waals surface area contributed by atoms with E-state index in [2.05, 4.69) is 10.6 Å². The summed E-state index contributed by atoms with van der Waals surface area (Å²) in [4.78, 5) is 24.0. The van der Waals surface area contributed by atoms with Gasteiger partial charge in [0, 0.05) is 24.2 Å². The van der Waals surface area contributed by atoms with Gasteiger partial charge in [0.2, 0.25) is 5.91 Å². The van der Waals surface area contributed by atoms with E-state index < -0.39 is 5.82 Å². The van der Waals surface area contributed by atoms with Gasteiger partial charge in [0.25, 0.3) is 5.91 Å². The second-order valence-electron chi connectivity index (χ2n) is 6.35. The first-order valence-corrected chi connectivity index (χ1v) is 9.27. The minimum Gasteiger partial charge on any atom is -0.457 e. The molecule has 0 heterocycles. The Morgan fingerprint density at radius 3 is 2.17 bits per heavy atom. The molecule has 0 aliphatic carbocycles. The van der Waals surface area contributed by atoms with Crippen molar-refractivity contribution >= 4 is 17.5 Å². The van der Waals surface area contributed by atoms with E-state index in [0.717, 1.165) is 5.75 Å². The van der Waals surface area contributed by atoms with Crippen LogP contribution in [0.2, 0.25) is 0 Å². The first-order chi connectivity index (χ1) is 14.1. The monoisotopic (exact) mass is 392 g/mol. The lowest BCUT2D eigenvalue weighted by Gasteiger charge is -2.08. The third kappa shape index (κ3) is 6.46. The first kappa shape index (κ1) is 20.1. The van der Waals surface area contributed by atoms with Crippen LogP contribution in [0.4, 0.5) is 10.1 Å². The topological polar surface area (TPSA) is 67.4 Å². The average Bonchev–Trinajstić information content (AvgIpc) is 2.74. The molecule has 3 rings (SSSR count). The van der Waals surface area contributed by atoms with Crippen molar-refractivity contribution in [1.82, 2.24) is 5.32 Å². The van der Waals surface area contributed by atoms with Crippen LogP contribution in [0, 0.1) is 5.82 Å². The second-order valence-corrected chi connectivity index (χ2v) is 6.35. The van der Waals surface area contributed by atoms with Crippen molar-refractivity contribution in [3.8, 4) is 11.5 Å². The van der Waals surface area contributed by atoms with Gasteiger partial charge in [-0.2, -0.15) is 0 Å². The molecule has 148 valence electrons. The SMILES string of the molecule is O=C(CCCNC(=O)c1ccc(F)cc1)Nc1ccc(Oc2ccccc2)cc1.